The number of fused-ring (bicyclic) bond motifs is 1. The van der Waals surface area contributed by atoms with Gasteiger partial charge in [-0.1, -0.05) is 12.1 Å². The van der Waals surface area contributed by atoms with Crippen LogP contribution in [0.15, 0.2) is 70.9 Å². The molecule has 1 saturated heterocycles. The lowest BCUT2D eigenvalue weighted by Crippen LogP contribution is -2.31. The van der Waals surface area contributed by atoms with Gasteiger partial charge in [-0.15, -0.1) is 0 Å². The van der Waals surface area contributed by atoms with Crippen LogP contribution in [0.3, 0.4) is 0 Å². The summed E-state index contributed by atoms with van der Waals surface area (Å²) in [6.07, 6.45) is 2.01. The van der Waals surface area contributed by atoms with Crippen molar-refractivity contribution >= 4 is 23.1 Å². The minimum Gasteiger partial charge on any atom is -0.507 e. The van der Waals surface area contributed by atoms with Crippen molar-refractivity contribution in [3.05, 3.63) is 83.3 Å². The van der Waals surface area contributed by atoms with Crippen molar-refractivity contribution in [3.63, 3.8) is 0 Å². The molecule has 1 atom stereocenters. The molecule has 0 radical (unpaired) electrons. The normalized spacial score (nSPS) is 19.0. The van der Waals surface area contributed by atoms with Crippen LogP contribution in [0.25, 0.3) is 5.76 Å². The molecule has 3 aromatic rings. The van der Waals surface area contributed by atoms with Gasteiger partial charge in [0.1, 0.15) is 35.7 Å². The molecule has 35 heavy (non-hydrogen) atoms. The number of methoxy groups -OCH3 is 1. The number of amides is 1. The number of ether oxygens (including phenoxy) is 2. The summed E-state index contributed by atoms with van der Waals surface area (Å²) in [5.74, 6) is 0.224. The number of aliphatic hydroxyl groups is 1. The topological polar surface area (TPSA) is 92.5 Å². The highest BCUT2D eigenvalue weighted by Crippen LogP contribution is 2.41. The van der Waals surface area contributed by atoms with E-state index in [0.717, 1.165) is 17.0 Å². The van der Waals surface area contributed by atoms with Crippen molar-refractivity contribution in [3.8, 4) is 11.5 Å². The molecule has 1 N–H and O–H groups in total. The number of rotatable bonds is 6. The molecular formula is C27H26N2O6. The SMILES string of the molecule is COc1ccc(CCN2C(=O)C(=O)/C(=C(\O)c3ccc4c(c3)N(C)CCO4)C2c2ccco2)cc1. The number of anilines is 1. The second kappa shape index (κ2) is 9.21. The Bertz CT molecular complexity index is 1280. The average molecular weight is 475 g/mol. The van der Waals surface area contributed by atoms with Gasteiger partial charge in [0.15, 0.2) is 0 Å². The van der Waals surface area contributed by atoms with E-state index in [-0.39, 0.29) is 17.9 Å². The largest absolute Gasteiger partial charge is 0.507 e. The Morgan fingerprint density at radius 1 is 1.14 bits per heavy atom. The standard InChI is InChI=1S/C27H26N2O6/c1-28-13-15-35-21-10-7-18(16-20(21)28)25(30)23-24(22-4-3-14-34-22)29(27(32)26(23)31)12-11-17-5-8-19(33-2)9-6-17/h3-10,14,16,24,30H,11-13,15H2,1-2H3/b25-23-. The summed E-state index contributed by atoms with van der Waals surface area (Å²) in [6.45, 7) is 1.56. The lowest BCUT2D eigenvalue weighted by atomic mass is 9.98. The van der Waals surface area contributed by atoms with E-state index in [1.807, 2.05) is 36.2 Å². The Labute approximate surface area is 203 Å². The summed E-state index contributed by atoms with van der Waals surface area (Å²) in [4.78, 5) is 29.8. The fourth-order valence-electron chi connectivity index (χ4n) is 4.55. The first-order chi connectivity index (χ1) is 17.0. The summed E-state index contributed by atoms with van der Waals surface area (Å²) in [5.41, 5.74) is 2.25. The second-order valence-electron chi connectivity index (χ2n) is 8.56. The molecular weight excluding hydrogens is 448 g/mol. The van der Waals surface area contributed by atoms with Gasteiger partial charge >= 0.3 is 0 Å². The van der Waals surface area contributed by atoms with Crippen LogP contribution in [0, 0.1) is 0 Å². The van der Waals surface area contributed by atoms with E-state index < -0.39 is 17.7 Å². The number of carbonyl (C=O) groups is 2. The minimum atomic E-state index is -0.826. The van der Waals surface area contributed by atoms with E-state index in [9.17, 15) is 14.7 Å². The van der Waals surface area contributed by atoms with E-state index in [1.165, 1.54) is 11.2 Å². The van der Waals surface area contributed by atoms with Gasteiger partial charge in [0.05, 0.1) is 31.2 Å². The third kappa shape index (κ3) is 4.12. The maximum absolute atomic E-state index is 13.2. The lowest BCUT2D eigenvalue weighted by Gasteiger charge is -2.28. The highest BCUT2D eigenvalue weighted by atomic mass is 16.5. The quantitative estimate of drug-likeness (QED) is 0.330. The first-order valence-electron chi connectivity index (χ1n) is 11.4. The van der Waals surface area contributed by atoms with E-state index in [0.29, 0.717) is 36.6 Å². The summed E-state index contributed by atoms with van der Waals surface area (Å²) in [5, 5.41) is 11.3. The van der Waals surface area contributed by atoms with E-state index in [1.54, 1.807) is 37.4 Å². The van der Waals surface area contributed by atoms with Crippen molar-refractivity contribution < 1.29 is 28.6 Å². The number of likely N-dealkylation sites (tertiary alicyclic amines) is 1. The third-order valence-corrected chi connectivity index (χ3v) is 6.48. The van der Waals surface area contributed by atoms with Crippen molar-refractivity contribution in [2.24, 2.45) is 0 Å². The van der Waals surface area contributed by atoms with Gasteiger partial charge in [-0.05, 0) is 54.4 Å². The molecule has 0 saturated carbocycles. The number of aliphatic hydroxyl groups excluding tert-OH is 1. The molecule has 8 heteroatoms. The van der Waals surface area contributed by atoms with E-state index in [2.05, 4.69) is 0 Å². The Kier molecular flexibility index (Phi) is 5.94. The molecule has 5 rings (SSSR count). The molecule has 1 unspecified atom stereocenters. The maximum atomic E-state index is 13.2. The zero-order valence-electron chi connectivity index (χ0n) is 19.6. The van der Waals surface area contributed by atoms with Crippen LogP contribution in [-0.2, 0) is 16.0 Å². The molecule has 1 fully saturated rings. The highest BCUT2D eigenvalue weighted by Gasteiger charge is 2.47. The Morgan fingerprint density at radius 3 is 2.66 bits per heavy atom. The summed E-state index contributed by atoms with van der Waals surface area (Å²) in [7, 11) is 3.54. The molecule has 1 amide bonds. The Morgan fingerprint density at radius 2 is 1.94 bits per heavy atom. The monoisotopic (exact) mass is 474 g/mol. The van der Waals surface area contributed by atoms with Gasteiger partial charge in [0.25, 0.3) is 11.7 Å². The average Bonchev–Trinajstić information content (AvgIpc) is 3.50. The molecule has 2 aromatic carbocycles. The van der Waals surface area contributed by atoms with Gasteiger partial charge in [0.2, 0.25) is 0 Å². The van der Waals surface area contributed by atoms with Crippen LogP contribution in [-0.4, -0.2) is 55.6 Å². The minimum absolute atomic E-state index is 0.0130. The molecule has 0 bridgehead atoms. The second-order valence-corrected chi connectivity index (χ2v) is 8.56. The number of furan rings is 1. The van der Waals surface area contributed by atoms with E-state index in [4.69, 9.17) is 13.9 Å². The van der Waals surface area contributed by atoms with Crippen LogP contribution in [0.2, 0.25) is 0 Å². The fraction of sp³-hybridized carbons (Fsp3) is 0.259. The van der Waals surface area contributed by atoms with Crippen molar-refractivity contribution in [2.75, 3.05) is 38.8 Å². The van der Waals surface area contributed by atoms with Gasteiger partial charge in [-0.25, -0.2) is 0 Å². The molecule has 3 heterocycles. The van der Waals surface area contributed by atoms with Crippen LogP contribution in [0.4, 0.5) is 5.69 Å². The molecule has 0 spiro atoms. The zero-order valence-corrected chi connectivity index (χ0v) is 19.6. The first-order valence-corrected chi connectivity index (χ1v) is 11.4. The number of Topliss-reactive ketones (excluding diaryl/α,β-unsaturated/α-hetero) is 1. The molecule has 2 aliphatic rings. The number of hydrogen-bond donors (Lipinski definition) is 1. The van der Waals surface area contributed by atoms with Crippen LogP contribution >= 0.6 is 0 Å². The van der Waals surface area contributed by atoms with Gasteiger partial charge in [-0.3, -0.25) is 9.59 Å². The zero-order chi connectivity index (χ0) is 24.5. The molecule has 0 aliphatic carbocycles. The van der Waals surface area contributed by atoms with Crippen LogP contribution < -0.4 is 14.4 Å². The van der Waals surface area contributed by atoms with Crippen LogP contribution in [0.5, 0.6) is 11.5 Å². The predicted molar refractivity (Wildman–Crippen MR) is 130 cm³/mol. The van der Waals surface area contributed by atoms with E-state index >= 15 is 0 Å². The molecule has 8 nitrogen and oxygen atoms in total. The summed E-state index contributed by atoms with van der Waals surface area (Å²) >= 11 is 0. The molecule has 2 aliphatic heterocycles. The number of hydrogen-bond acceptors (Lipinski definition) is 7. The van der Waals surface area contributed by atoms with Crippen molar-refractivity contribution in [1.82, 2.24) is 4.90 Å². The predicted octanol–water partition coefficient (Wildman–Crippen LogP) is 3.78. The van der Waals surface area contributed by atoms with Gasteiger partial charge < -0.3 is 28.8 Å². The molecule has 180 valence electrons. The number of nitrogens with zero attached hydrogens (tertiary/aromatic N) is 2. The van der Waals surface area contributed by atoms with Crippen molar-refractivity contribution in [1.29, 1.82) is 0 Å². The maximum Gasteiger partial charge on any atom is 0.295 e. The Balaban J connectivity index is 1.51. The number of carbonyl (C=O) groups excluding carboxylic acids is 2. The van der Waals surface area contributed by atoms with Gasteiger partial charge in [-0.2, -0.15) is 0 Å². The number of ketones is 1. The number of benzene rings is 2. The van der Waals surface area contributed by atoms with Crippen molar-refractivity contribution in [2.45, 2.75) is 12.5 Å². The lowest BCUT2D eigenvalue weighted by molar-refractivity contribution is -0.140. The van der Waals surface area contributed by atoms with Gasteiger partial charge in [0, 0.05) is 19.2 Å². The first kappa shape index (κ1) is 22.6. The summed E-state index contributed by atoms with van der Waals surface area (Å²) < 4.78 is 16.5. The fourth-order valence-corrected chi connectivity index (χ4v) is 4.55. The smallest absolute Gasteiger partial charge is 0.295 e. The highest BCUT2D eigenvalue weighted by molar-refractivity contribution is 6.46. The summed E-state index contributed by atoms with van der Waals surface area (Å²) in [6, 6.07) is 15.4. The Hall–Kier alpha value is -4.20. The molecule has 1 aromatic heterocycles. The third-order valence-electron chi connectivity index (χ3n) is 6.48. The number of likely N-dealkylation sites (N-methyl/N-ethyl adjacent to an activating group) is 1. The van der Waals surface area contributed by atoms with Crippen LogP contribution in [0.1, 0.15) is 22.9 Å².